The van der Waals surface area contributed by atoms with Crippen LogP contribution in [0.2, 0.25) is 0 Å². The van der Waals surface area contributed by atoms with Crippen LogP contribution in [0, 0.1) is 29.1 Å². The zero-order chi connectivity index (χ0) is 46.5. The molecule has 1 amide bonds. The minimum atomic E-state index is -1.14. The van der Waals surface area contributed by atoms with E-state index < -0.39 is 35.5 Å². The van der Waals surface area contributed by atoms with Crippen LogP contribution in [-0.4, -0.2) is 63.3 Å². The van der Waals surface area contributed by atoms with Gasteiger partial charge in [0.25, 0.3) is 0 Å². The lowest BCUT2D eigenvalue weighted by Crippen LogP contribution is -2.43. The molecule has 4 N–H and O–H groups in total. The van der Waals surface area contributed by atoms with E-state index in [9.17, 15) is 34.5 Å². The van der Waals surface area contributed by atoms with E-state index in [0.717, 1.165) is 44.9 Å². The molecule has 3 unspecified atom stereocenters. The Hall–Kier alpha value is -4.08. The van der Waals surface area contributed by atoms with E-state index >= 15 is 0 Å². The van der Waals surface area contributed by atoms with E-state index in [2.05, 4.69) is 111 Å². The minimum absolute atomic E-state index is 0.0102. The standard InChI is InChI=1S/C54H83NO8/c1-7-9-10-11-12-13-14-15-16-17-18-19-20-21-22-23-24-25-27-30-44(56)31-28-26-29-32-48(52(60)61)55-50(59)40-46(58)39-45(57)35-36-47-42(4)33-34-43-37-41(3)38-49(51(43)47)63-53(62)54(5,6)8-2/h9-10,12-13,15-16,18-19,21-22,24-25,33-34,37,41-42,45-49,51,57-58H,7-8,11,14,17,20,23,26-32,35-36,38-40H2,1-6H3,(H,55,59)(H,60,61)/b10-9-,13-12-,16-15-,19-18-,22-21-,25-24-/t41-,42-,45-,46+,47-,48?,49?,51?/m0/s1. The Balaban J connectivity index is 1.63. The molecule has 2 aliphatic rings. The molecule has 0 saturated heterocycles. The summed E-state index contributed by atoms with van der Waals surface area (Å²) >= 11 is 0. The number of ether oxygens (including phenoxy) is 1. The van der Waals surface area contributed by atoms with E-state index in [1.807, 2.05) is 26.8 Å². The van der Waals surface area contributed by atoms with Crippen molar-refractivity contribution in [2.45, 2.75) is 188 Å². The summed E-state index contributed by atoms with van der Waals surface area (Å²) in [6.07, 6.45) is 41.9. The number of hydrogen-bond acceptors (Lipinski definition) is 7. The molecule has 0 radical (unpaired) electrons. The highest BCUT2D eigenvalue weighted by Gasteiger charge is 2.43. The van der Waals surface area contributed by atoms with Crippen molar-refractivity contribution in [3.8, 4) is 0 Å². The largest absolute Gasteiger partial charge is 0.480 e. The number of amides is 1. The van der Waals surface area contributed by atoms with Crippen molar-refractivity contribution in [1.29, 1.82) is 0 Å². The van der Waals surface area contributed by atoms with Crippen LogP contribution in [0.5, 0.6) is 0 Å². The molecule has 0 heterocycles. The first-order chi connectivity index (χ1) is 30.2. The van der Waals surface area contributed by atoms with Gasteiger partial charge in [-0.1, -0.05) is 132 Å². The van der Waals surface area contributed by atoms with Gasteiger partial charge in [-0.25, -0.2) is 4.79 Å². The highest BCUT2D eigenvalue weighted by molar-refractivity contribution is 5.83. The summed E-state index contributed by atoms with van der Waals surface area (Å²) in [6.45, 7) is 12.2. The van der Waals surface area contributed by atoms with Gasteiger partial charge in [-0.2, -0.15) is 0 Å². The van der Waals surface area contributed by atoms with Crippen LogP contribution in [0.25, 0.3) is 0 Å². The van der Waals surface area contributed by atoms with Crippen LogP contribution in [0.3, 0.4) is 0 Å². The zero-order valence-electron chi connectivity index (χ0n) is 39.6. The average Bonchev–Trinajstić information content (AvgIpc) is 3.23. The number of aliphatic hydroxyl groups excluding tert-OH is 2. The predicted octanol–water partition coefficient (Wildman–Crippen LogP) is 11.6. The monoisotopic (exact) mass is 874 g/mol. The van der Waals surface area contributed by atoms with Gasteiger partial charge in [0, 0.05) is 18.8 Å². The second-order valence-corrected chi connectivity index (χ2v) is 18.3. The first kappa shape index (κ1) is 55.1. The molecule has 8 atom stereocenters. The summed E-state index contributed by atoms with van der Waals surface area (Å²) in [5.74, 6) is -1.09. The highest BCUT2D eigenvalue weighted by atomic mass is 16.5. The quantitative estimate of drug-likeness (QED) is 0.0296. The number of nitrogens with one attached hydrogen (secondary N) is 1. The number of allylic oxidation sites excluding steroid dienone is 15. The average molecular weight is 874 g/mol. The summed E-state index contributed by atoms with van der Waals surface area (Å²) in [7, 11) is 0. The van der Waals surface area contributed by atoms with Crippen molar-refractivity contribution in [2.75, 3.05) is 0 Å². The molecule has 0 aromatic heterocycles. The highest BCUT2D eigenvalue weighted by Crippen LogP contribution is 2.45. The van der Waals surface area contributed by atoms with Crippen LogP contribution < -0.4 is 5.32 Å². The van der Waals surface area contributed by atoms with Gasteiger partial charge in [-0.15, -0.1) is 0 Å². The van der Waals surface area contributed by atoms with Crippen molar-refractivity contribution >= 4 is 23.6 Å². The number of aliphatic hydroxyl groups is 2. The normalized spacial score (nSPS) is 22.0. The summed E-state index contributed by atoms with van der Waals surface area (Å²) in [4.78, 5) is 50.2. The zero-order valence-corrected chi connectivity index (χ0v) is 39.6. The first-order valence-corrected chi connectivity index (χ1v) is 24.1. The maximum Gasteiger partial charge on any atom is 0.326 e. The van der Waals surface area contributed by atoms with E-state index in [-0.39, 0.29) is 60.8 Å². The molecule has 9 nitrogen and oxygen atoms in total. The van der Waals surface area contributed by atoms with Crippen LogP contribution in [0.15, 0.2) is 96.7 Å². The minimum Gasteiger partial charge on any atom is -0.480 e. The molecule has 0 saturated carbocycles. The predicted molar refractivity (Wildman–Crippen MR) is 257 cm³/mol. The number of aliphatic carboxylic acids is 1. The maximum absolute atomic E-state index is 13.1. The number of fused-ring (bicyclic) bond motifs is 1. The van der Waals surface area contributed by atoms with Gasteiger partial charge < -0.3 is 25.4 Å². The smallest absolute Gasteiger partial charge is 0.326 e. The molecule has 2 aliphatic carbocycles. The maximum atomic E-state index is 13.1. The Morgan fingerprint density at radius 3 is 1.95 bits per heavy atom. The molecule has 0 aromatic rings. The van der Waals surface area contributed by atoms with Gasteiger partial charge >= 0.3 is 11.9 Å². The van der Waals surface area contributed by atoms with Crippen molar-refractivity contribution in [3.63, 3.8) is 0 Å². The van der Waals surface area contributed by atoms with Crippen LogP contribution in [-0.2, 0) is 23.9 Å². The lowest BCUT2D eigenvalue weighted by Gasteiger charge is -2.44. The fraction of sp³-hybridized carbons (Fsp3) is 0.630. The molecular formula is C54H83NO8. The van der Waals surface area contributed by atoms with Gasteiger partial charge in [0.05, 0.1) is 24.0 Å². The fourth-order valence-electron chi connectivity index (χ4n) is 8.14. The lowest BCUT2D eigenvalue weighted by molar-refractivity contribution is -0.164. The number of hydrogen-bond donors (Lipinski definition) is 4. The van der Waals surface area contributed by atoms with Crippen molar-refractivity contribution < 1.29 is 39.2 Å². The molecule has 0 bridgehead atoms. The molecule has 63 heavy (non-hydrogen) atoms. The second-order valence-electron chi connectivity index (χ2n) is 18.3. The number of carbonyl (C=O) groups excluding carboxylic acids is 3. The number of unbranched alkanes of at least 4 members (excludes halogenated alkanes) is 2. The Morgan fingerprint density at radius 1 is 0.794 bits per heavy atom. The van der Waals surface area contributed by atoms with Gasteiger partial charge in [0.2, 0.25) is 5.91 Å². The Labute approximate surface area is 380 Å². The third-order valence-electron chi connectivity index (χ3n) is 12.4. The summed E-state index contributed by atoms with van der Waals surface area (Å²) < 4.78 is 6.20. The van der Waals surface area contributed by atoms with E-state index in [1.165, 1.54) is 5.57 Å². The molecule has 0 aromatic carbocycles. The number of Topliss-reactive ketones (excluding diaryl/α,β-unsaturated/α-hetero) is 1. The number of ketones is 1. The molecule has 0 spiro atoms. The number of carbonyl (C=O) groups is 4. The van der Waals surface area contributed by atoms with Gasteiger partial charge in [-0.05, 0) is 127 Å². The molecule has 0 aliphatic heterocycles. The summed E-state index contributed by atoms with van der Waals surface area (Å²) in [5, 5.41) is 33.9. The lowest BCUT2D eigenvalue weighted by atomic mass is 9.65. The fourth-order valence-corrected chi connectivity index (χ4v) is 8.14. The van der Waals surface area contributed by atoms with E-state index in [4.69, 9.17) is 4.74 Å². The van der Waals surface area contributed by atoms with Crippen molar-refractivity contribution in [1.82, 2.24) is 5.32 Å². The van der Waals surface area contributed by atoms with Crippen LogP contribution >= 0.6 is 0 Å². The molecule has 9 heteroatoms. The van der Waals surface area contributed by atoms with Gasteiger partial charge in [0.15, 0.2) is 0 Å². The number of esters is 1. The first-order valence-electron chi connectivity index (χ1n) is 24.1. The third-order valence-corrected chi connectivity index (χ3v) is 12.4. The van der Waals surface area contributed by atoms with E-state index in [1.54, 1.807) is 0 Å². The SMILES string of the molecule is CC/C=C\C/C=C\C/C=C\C/C=C\C/C=C\C/C=C\CCC(=O)CCCCCC(NC(=O)C[C@H](O)C[C@@H](O)CC[C@@H]1C2C(=C[C@H](C)CC2OC(=O)C(C)(C)CC)C=C[C@@H]1C)C(=O)O. The number of rotatable bonds is 32. The van der Waals surface area contributed by atoms with E-state index in [0.29, 0.717) is 57.8 Å². The Bertz CT molecular complexity index is 1610. The number of carboxylic acid groups (broad SMARTS) is 1. The molecule has 0 fully saturated rings. The second kappa shape index (κ2) is 31.7. The van der Waals surface area contributed by atoms with Crippen LogP contribution in [0.4, 0.5) is 0 Å². The molecular weight excluding hydrogens is 791 g/mol. The molecule has 2 rings (SSSR count). The van der Waals surface area contributed by atoms with Gasteiger partial charge in [-0.3, -0.25) is 14.4 Å². The molecule has 352 valence electrons. The van der Waals surface area contributed by atoms with Crippen molar-refractivity contribution in [2.24, 2.45) is 29.1 Å². The Morgan fingerprint density at radius 2 is 1.38 bits per heavy atom. The third kappa shape index (κ3) is 23.4. The van der Waals surface area contributed by atoms with Gasteiger partial charge in [0.1, 0.15) is 17.9 Å². The summed E-state index contributed by atoms with van der Waals surface area (Å²) in [6, 6.07) is -1.09. The number of carboxylic acids is 1. The summed E-state index contributed by atoms with van der Waals surface area (Å²) in [5.41, 5.74) is 0.600. The Kier molecular flexibility index (Phi) is 27.7. The van der Waals surface area contributed by atoms with Crippen molar-refractivity contribution in [3.05, 3.63) is 96.7 Å². The topological polar surface area (TPSA) is 150 Å². The van der Waals surface area contributed by atoms with Crippen LogP contribution in [0.1, 0.15) is 164 Å².